The van der Waals surface area contributed by atoms with Crippen LogP contribution in [0.5, 0.6) is 0 Å². The number of rotatable bonds is 3. The lowest BCUT2D eigenvalue weighted by Crippen LogP contribution is -2.08. The molecule has 0 aliphatic carbocycles. The molecule has 4 nitrogen and oxygen atoms in total. The third-order valence-corrected chi connectivity index (χ3v) is 4.08. The molecule has 0 atom stereocenters. The van der Waals surface area contributed by atoms with Gasteiger partial charge >= 0.3 is 0 Å². The van der Waals surface area contributed by atoms with E-state index in [2.05, 4.69) is 21.4 Å². The molecule has 2 heterocycles. The molecule has 0 saturated carbocycles. The van der Waals surface area contributed by atoms with Crippen LogP contribution in [0.2, 0.25) is 0 Å². The first-order valence-electron chi connectivity index (χ1n) is 6.36. The molecule has 100 valence electrons. The monoisotopic (exact) mass is 283 g/mol. The van der Waals surface area contributed by atoms with E-state index in [9.17, 15) is 4.79 Å². The number of fused-ring (bicyclic) bond motifs is 1. The molecule has 1 amide bonds. The van der Waals surface area contributed by atoms with E-state index in [1.807, 2.05) is 37.4 Å². The van der Waals surface area contributed by atoms with Crippen molar-refractivity contribution in [2.45, 2.75) is 13.3 Å². The van der Waals surface area contributed by atoms with Gasteiger partial charge in [0.25, 0.3) is 0 Å². The van der Waals surface area contributed by atoms with Crippen LogP contribution >= 0.6 is 11.3 Å². The van der Waals surface area contributed by atoms with Crippen molar-refractivity contribution in [3.8, 4) is 10.4 Å². The first kappa shape index (κ1) is 12.7. The minimum absolute atomic E-state index is 0.0230. The summed E-state index contributed by atoms with van der Waals surface area (Å²) in [5, 5.41) is 3.89. The first-order valence-corrected chi connectivity index (χ1v) is 7.18. The maximum Gasteiger partial charge on any atom is 0.224 e. The van der Waals surface area contributed by atoms with Gasteiger partial charge in [0.05, 0.1) is 0 Å². The van der Waals surface area contributed by atoms with Gasteiger partial charge in [0.2, 0.25) is 5.91 Å². The molecule has 0 radical (unpaired) electrons. The zero-order valence-electron chi connectivity index (χ0n) is 11.0. The highest BCUT2D eigenvalue weighted by molar-refractivity contribution is 7.21. The Labute approximate surface area is 120 Å². The van der Waals surface area contributed by atoms with Crippen molar-refractivity contribution in [1.29, 1.82) is 0 Å². The van der Waals surface area contributed by atoms with Gasteiger partial charge in [-0.15, -0.1) is 11.3 Å². The molecule has 1 aromatic carbocycles. The fourth-order valence-electron chi connectivity index (χ4n) is 1.90. The summed E-state index contributed by atoms with van der Waals surface area (Å²) in [4.78, 5) is 21.7. The average molecular weight is 283 g/mol. The predicted octanol–water partition coefficient (Wildman–Crippen LogP) is 3.71. The molecule has 0 spiro atoms. The molecule has 3 aromatic rings. The van der Waals surface area contributed by atoms with Crippen molar-refractivity contribution in [2.75, 3.05) is 5.32 Å². The van der Waals surface area contributed by atoms with Gasteiger partial charge in [0.1, 0.15) is 11.2 Å². The van der Waals surface area contributed by atoms with Crippen molar-refractivity contribution >= 4 is 33.1 Å². The lowest BCUT2D eigenvalue weighted by atomic mass is 10.1. The topological polar surface area (TPSA) is 54.9 Å². The van der Waals surface area contributed by atoms with Crippen molar-refractivity contribution in [3.05, 3.63) is 42.9 Å². The summed E-state index contributed by atoms with van der Waals surface area (Å²) >= 11 is 1.64. The fraction of sp³-hybridized carbons (Fsp3) is 0.133. The van der Waals surface area contributed by atoms with Crippen LogP contribution in [0.3, 0.4) is 0 Å². The number of nitrogens with one attached hydrogen (secondary N) is 1. The number of thiophene rings is 1. The summed E-state index contributed by atoms with van der Waals surface area (Å²) in [6.45, 7) is 1.84. The fourth-order valence-corrected chi connectivity index (χ4v) is 2.88. The minimum atomic E-state index is 0.0230. The van der Waals surface area contributed by atoms with Crippen molar-refractivity contribution in [1.82, 2.24) is 9.97 Å². The Balaban J connectivity index is 1.88. The third kappa shape index (κ3) is 2.53. The summed E-state index contributed by atoms with van der Waals surface area (Å²) in [5.74, 6) is 0.0230. The number of amides is 1. The standard InChI is InChI=1S/C15H13N3OS/c1-2-14(19)18-12-5-3-10(4-6-12)13-7-11-8-16-9-17-15(11)20-13/h3-9H,2H2,1H3,(H,18,19). The number of hydrogen-bond acceptors (Lipinski definition) is 4. The predicted molar refractivity (Wildman–Crippen MR) is 81.8 cm³/mol. The van der Waals surface area contributed by atoms with Crippen LogP contribution in [-0.2, 0) is 4.79 Å². The third-order valence-electron chi connectivity index (χ3n) is 2.97. The molecule has 2 aromatic heterocycles. The van der Waals surface area contributed by atoms with E-state index in [-0.39, 0.29) is 5.91 Å². The Hall–Kier alpha value is -2.27. The maximum atomic E-state index is 11.3. The summed E-state index contributed by atoms with van der Waals surface area (Å²) in [5.41, 5.74) is 1.93. The molecule has 0 fully saturated rings. The van der Waals surface area contributed by atoms with E-state index in [0.717, 1.165) is 26.3 Å². The van der Waals surface area contributed by atoms with E-state index in [4.69, 9.17) is 0 Å². The second kappa shape index (κ2) is 5.38. The zero-order valence-corrected chi connectivity index (χ0v) is 11.8. The molecule has 0 bridgehead atoms. The van der Waals surface area contributed by atoms with E-state index in [0.29, 0.717) is 6.42 Å². The summed E-state index contributed by atoms with van der Waals surface area (Å²) in [6.07, 6.45) is 3.86. The molecule has 0 saturated heterocycles. The lowest BCUT2D eigenvalue weighted by molar-refractivity contribution is -0.115. The average Bonchev–Trinajstić information content (AvgIpc) is 2.91. The van der Waals surface area contributed by atoms with Crippen LogP contribution < -0.4 is 5.32 Å². The van der Waals surface area contributed by atoms with Crippen LogP contribution in [-0.4, -0.2) is 15.9 Å². The quantitative estimate of drug-likeness (QED) is 0.797. The first-order chi connectivity index (χ1) is 9.76. The smallest absolute Gasteiger partial charge is 0.224 e. The Morgan fingerprint density at radius 2 is 2.10 bits per heavy atom. The molecular formula is C15H13N3OS. The number of carbonyl (C=O) groups excluding carboxylic acids is 1. The number of aromatic nitrogens is 2. The van der Waals surface area contributed by atoms with E-state index in [1.54, 1.807) is 17.7 Å². The Morgan fingerprint density at radius 3 is 2.80 bits per heavy atom. The highest BCUT2D eigenvalue weighted by Crippen LogP contribution is 2.32. The van der Waals surface area contributed by atoms with Crippen molar-refractivity contribution < 1.29 is 4.79 Å². The Bertz CT molecular complexity index is 716. The molecule has 0 aliphatic heterocycles. The normalized spacial score (nSPS) is 10.7. The molecule has 20 heavy (non-hydrogen) atoms. The van der Waals surface area contributed by atoms with Crippen LogP contribution in [0.1, 0.15) is 13.3 Å². The highest BCUT2D eigenvalue weighted by Gasteiger charge is 2.05. The largest absolute Gasteiger partial charge is 0.326 e. The van der Waals surface area contributed by atoms with Gasteiger partial charge in [-0.2, -0.15) is 0 Å². The SMILES string of the molecule is CCC(=O)Nc1ccc(-c2cc3cncnc3s2)cc1. The van der Waals surface area contributed by atoms with Crippen LogP contribution in [0.15, 0.2) is 42.9 Å². The Kier molecular flexibility index (Phi) is 3.43. The number of hydrogen-bond donors (Lipinski definition) is 1. The van der Waals surface area contributed by atoms with Gasteiger partial charge in [-0.05, 0) is 23.8 Å². The van der Waals surface area contributed by atoms with E-state index >= 15 is 0 Å². The Morgan fingerprint density at radius 1 is 1.30 bits per heavy atom. The molecule has 0 aliphatic rings. The zero-order chi connectivity index (χ0) is 13.9. The van der Waals surface area contributed by atoms with Gasteiger partial charge < -0.3 is 5.32 Å². The van der Waals surface area contributed by atoms with Gasteiger partial charge in [-0.1, -0.05) is 19.1 Å². The van der Waals surface area contributed by atoms with Crippen molar-refractivity contribution in [3.63, 3.8) is 0 Å². The van der Waals surface area contributed by atoms with Gasteiger partial charge in [-0.25, -0.2) is 9.97 Å². The molecule has 0 unspecified atom stereocenters. The molecule has 1 N–H and O–H groups in total. The van der Waals surface area contributed by atoms with Crippen LogP contribution in [0.4, 0.5) is 5.69 Å². The second-order valence-corrected chi connectivity index (χ2v) is 5.40. The van der Waals surface area contributed by atoms with E-state index in [1.165, 1.54) is 0 Å². The van der Waals surface area contributed by atoms with Gasteiger partial charge in [0, 0.05) is 28.6 Å². The second-order valence-electron chi connectivity index (χ2n) is 4.37. The summed E-state index contributed by atoms with van der Waals surface area (Å²) < 4.78 is 0. The molecular weight excluding hydrogens is 270 g/mol. The van der Waals surface area contributed by atoms with Gasteiger partial charge in [-0.3, -0.25) is 4.79 Å². The number of benzene rings is 1. The minimum Gasteiger partial charge on any atom is -0.326 e. The van der Waals surface area contributed by atoms with E-state index < -0.39 is 0 Å². The maximum absolute atomic E-state index is 11.3. The lowest BCUT2D eigenvalue weighted by Gasteiger charge is -2.04. The highest BCUT2D eigenvalue weighted by atomic mass is 32.1. The number of carbonyl (C=O) groups is 1. The summed E-state index contributed by atoms with van der Waals surface area (Å²) in [7, 11) is 0. The van der Waals surface area contributed by atoms with Crippen molar-refractivity contribution in [2.24, 2.45) is 0 Å². The summed E-state index contributed by atoms with van der Waals surface area (Å²) in [6, 6.07) is 9.92. The molecule has 3 rings (SSSR count). The van der Waals surface area contributed by atoms with Crippen LogP contribution in [0, 0.1) is 0 Å². The van der Waals surface area contributed by atoms with Crippen LogP contribution in [0.25, 0.3) is 20.7 Å². The molecule has 5 heteroatoms. The number of anilines is 1. The number of nitrogens with zero attached hydrogens (tertiary/aromatic N) is 2. The van der Waals surface area contributed by atoms with Gasteiger partial charge in [0.15, 0.2) is 0 Å².